The molecule has 0 fully saturated rings. The Labute approximate surface area is 116 Å². The van der Waals surface area contributed by atoms with Crippen LogP contribution >= 0.6 is 0 Å². The van der Waals surface area contributed by atoms with Gasteiger partial charge in [0.1, 0.15) is 5.82 Å². The molecule has 1 heterocycles. The van der Waals surface area contributed by atoms with E-state index in [1.807, 2.05) is 19.9 Å². The zero-order valence-corrected chi connectivity index (χ0v) is 11.6. The number of anilines is 1. The van der Waals surface area contributed by atoms with Crippen molar-refractivity contribution in [3.8, 4) is 0 Å². The van der Waals surface area contributed by atoms with Crippen LogP contribution in [0.25, 0.3) is 10.9 Å². The van der Waals surface area contributed by atoms with E-state index in [9.17, 15) is 9.90 Å². The molecule has 106 valence electrons. The number of nitrogens with one attached hydrogen (secondary N) is 1. The second-order valence-corrected chi connectivity index (χ2v) is 5.24. The number of carboxylic acids is 1. The highest BCUT2D eigenvalue weighted by atomic mass is 16.4. The molecule has 0 bridgehead atoms. The first-order valence-corrected chi connectivity index (χ1v) is 6.27. The first-order chi connectivity index (χ1) is 9.31. The summed E-state index contributed by atoms with van der Waals surface area (Å²) in [5, 5.41) is 22.6. The number of aliphatic hydroxyl groups excluding tert-OH is 1. The number of carbonyl (C=O) groups is 1. The van der Waals surface area contributed by atoms with Crippen LogP contribution in [0.5, 0.6) is 0 Å². The summed E-state index contributed by atoms with van der Waals surface area (Å²) in [6, 6.07) is 7.14. The van der Waals surface area contributed by atoms with E-state index >= 15 is 0 Å². The summed E-state index contributed by atoms with van der Waals surface area (Å²) < 4.78 is 0. The van der Waals surface area contributed by atoms with Crippen LogP contribution in [0.3, 0.4) is 0 Å². The van der Waals surface area contributed by atoms with Crippen molar-refractivity contribution in [1.82, 2.24) is 9.97 Å². The molecule has 0 amide bonds. The molecule has 1 atom stereocenters. The van der Waals surface area contributed by atoms with E-state index in [4.69, 9.17) is 5.11 Å². The number of benzene rings is 1. The van der Waals surface area contributed by atoms with Gasteiger partial charge >= 0.3 is 5.97 Å². The molecule has 6 nitrogen and oxygen atoms in total. The minimum atomic E-state index is -1.19. The average Bonchev–Trinajstić information content (AvgIpc) is 2.37. The maximum Gasteiger partial charge on any atom is 0.374 e. The van der Waals surface area contributed by atoms with E-state index in [0.717, 1.165) is 0 Å². The number of hydrogen-bond acceptors (Lipinski definition) is 5. The van der Waals surface area contributed by atoms with Crippen LogP contribution in [-0.2, 0) is 0 Å². The Bertz CT molecular complexity index is 653. The van der Waals surface area contributed by atoms with Crippen LogP contribution < -0.4 is 5.32 Å². The summed E-state index contributed by atoms with van der Waals surface area (Å²) in [5.74, 6) is -1.06. The first-order valence-electron chi connectivity index (χ1n) is 6.27. The van der Waals surface area contributed by atoms with Crippen molar-refractivity contribution >= 4 is 22.7 Å². The summed E-state index contributed by atoms with van der Waals surface area (Å²) in [6.45, 7) is 5.29. The summed E-state index contributed by atoms with van der Waals surface area (Å²) in [7, 11) is 0. The highest BCUT2D eigenvalue weighted by molar-refractivity contribution is 5.93. The molecule has 0 aliphatic heterocycles. The van der Waals surface area contributed by atoms with Crippen LogP contribution in [-0.4, -0.2) is 37.8 Å². The smallest absolute Gasteiger partial charge is 0.374 e. The number of fused-ring (bicyclic) bond motifs is 1. The van der Waals surface area contributed by atoms with Crippen molar-refractivity contribution in [2.75, 3.05) is 5.32 Å². The molecular weight excluding hydrogens is 258 g/mol. The normalized spacial score (nSPS) is 13.2. The van der Waals surface area contributed by atoms with Crippen molar-refractivity contribution in [3.63, 3.8) is 0 Å². The Hall–Kier alpha value is -2.21. The van der Waals surface area contributed by atoms with Gasteiger partial charge in [0, 0.05) is 5.39 Å². The number of para-hydroxylation sites is 1. The van der Waals surface area contributed by atoms with Gasteiger partial charge in [0.15, 0.2) is 0 Å². The van der Waals surface area contributed by atoms with Crippen molar-refractivity contribution in [2.24, 2.45) is 0 Å². The van der Waals surface area contributed by atoms with E-state index in [2.05, 4.69) is 15.3 Å². The Kier molecular flexibility index (Phi) is 3.59. The zero-order chi connectivity index (χ0) is 14.9. The summed E-state index contributed by atoms with van der Waals surface area (Å²) >= 11 is 0. The third-order valence-electron chi connectivity index (χ3n) is 3.28. The zero-order valence-electron chi connectivity index (χ0n) is 11.6. The molecular formula is C14H17N3O3. The third kappa shape index (κ3) is 2.70. The van der Waals surface area contributed by atoms with E-state index < -0.39 is 17.6 Å². The van der Waals surface area contributed by atoms with E-state index in [1.54, 1.807) is 25.1 Å². The fraction of sp³-hybridized carbons (Fsp3) is 0.357. The quantitative estimate of drug-likeness (QED) is 0.788. The highest BCUT2D eigenvalue weighted by Crippen LogP contribution is 2.24. The predicted molar refractivity (Wildman–Crippen MR) is 75.9 cm³/mol. The van der Waals surface area contributed by atoms with E-state index in [1.165, 1.54) is 0 Å². The molecule has 20 heavy (non-hydrogen) atoms. The van der Waals surface area contributed by atoms with Gasteiger partial charge in [-0.2, -0.15) is 0 Å². The Morgan fingerprint density at radius 3 is 2.55 bits per heavy atom. The molecule has 0 radical (unpaired) electrons. The van der Waals surface area contributed by atoms with Gasteiger partial charge in [0.05, 0.1) is 17.2 Å². The highest BCUT2D eigenvalue weighted by Gasteiger charge is 2.25. The SMILES string of the molecule is CC(O)C(C)(C)Nc1nc(C(=O)O)nc2ccccc12. The van der Waals surface area contributed by atoms with Crippen LogP contribution in [0.1, 0.15) is 31.4 Å². The molecule has 0 saturated heterocycles. The lowest BCUT2D eigenvalue weighted by atomic mass is 9.98. The van der Waals surface area contributed by atoms with Crippen LogP contribution in [0, 0.1) is 0 Å². The number of carboxylic acid groups (broad SMARTS) is 1. The lowest BCUT2D eigenvalue weighted by Gasteiger charge is -2.30. The lowest BCUT2D eigenvalue weighted by molar-refractivity contribution is 0.0684. The number of aromatic nitrogens is 2. The average molecular weight is 275 g/mol. The van der Waals surface area contributed by atoms with Crippen LogP contribution in [0.15, 0.2) is 24.3 Å². The largest absolute Gasteiger partial charge is 0.475 e. The third-order valence-corrected chi connectivity index (χ3v) is 3.28. The predicted octanol–water partition coefficient (Wildman–Crippen LogP) is 1.90. The van der Waals surface area contributed by atoms with E-state index in [-0.39, 0.29) is 5.82 Å². The van der Waals surface area contributed by atoms with Crippen molar-refractivity contribution in [2.45, 2.75) is 32.4 Å². The lowest BCUT2D eigenvalue weighted by Crippen LogP contribution is -2.42. The monoisotopic (exact) mass is 275 g/mol. The van der Waals surface area contributed by atoms with Gasteiger partial charge in [-0.25, -0.2) is 14.8 Å². The molecule has 6 heteroatoms. The van der Waals surface area contributed by atoms with Gasteiger partial charge in [-0.05, 0) is 32.9 Å². The van der Waals surface area contributed by atoms with Gasteiger partial charge in [0.25, 0.3) is 0 Å². The second kappa shape index (κ2) is 5.05. The Balaban J connectivity index is 2.58. The van der Waals surface area contributed by atoms with Crippen LogP contribution in [0.2, 0.25) is 0 Å². The molecule has 3 N–H and O–H groups in total. The Morgan fingerprint density at radius 2 is 1.95 bits per heavy atom. The molecule has 2 aromatic rings. The van der Waals surface area contributed by atoms with E-state index in [0.29, 0.717) is 16.7 Å². The molecule has 1 aromatic heterocycles. The molecule has 0 spiro atoms. The number of hydrogen-bond donors (Lipinski definition) is 3. The number of aliphatic hydroxyl groups is 1. The first kappa shape index (κ1) is 14.2. The Morgan fingerprint density at radius 1 is 1.30 bits per heavy atom. The molecule has 0 aliphatic carbocycles. The molecule has 0 aliphatic rings. The molecule has 0 saturated carbocycles. The number of aromatic carboxylic acids is 1. The van der Waals surface area contributed by atoms with Gasteiger partial charge in [-0.3, -0.25) is 0 Å². The maximum atomic E-state index is 11.1. The summed E-state index contributed by atoms with van der Waals surface area (Å²) in [6.07, 6.45) is -0.635. The van der Waals surface area contributed by atoms with Gasteiger partial charge < -0.3 is 15.5 Å². The fourth-order valence-corrected chi connectivity index (χ4v) is 1.68. The molecule has 1 aromatic carbocycles. The number of nitrogens with zero attached hydrogens (tertiary/aromatic N) is 2. The van der Waals surface area contributed by atoms with Crippen LogP contribution in [0.4, 0.5) is 5.82 Å². The van der Waals surface area contributed by atoms with Crippen molar-refractivity contribution in [1.29, 1.82) is 0 Å². The standard InChI is InChI=1S/C14H17N3O3/c1-8(18)14(2,3)17-11-9-6-4-5-7-10(9)15-12(16-11)13(19)20/h4-8,18H,1-3H3,(H,19,20)(H,15,16,17). The fourth-order valence-electron chi connectivity index (χ4n) is 1.68. The molecule has 2 rings (SSSR count). The van der Waals surface area contributed by atoms with Gasteiger partial charge in [-0.15, -0.1) is 0 Å². The number of rotatable bonds is 4. The van der Waals surface area contributed by atoms with Gasteiger partial charge in [-0.1, -0.05) is 12.1 Å². The minimum Gasteiger partial charge on any atom is -0.475 e. The van der Waals surface area contributed by atoms with Crippen molar-refractivity contribution in [3.05, 3.63) is 30.1 Å². The van der Waals surface area contributed by atoms with Crippen molar-refractivity contribution < 1.29 is 15.0 Å². The summed E-state index contributed by atoms with van der Waals surface area (Å²) in [4.78, 5) is 19.1. The molecule has 1 unspecified atom stereocenters. The minimum absolute atomic E-state index is 0.271. The van der Waals surface area contributed by atoms with Gasteiger partial charge in [0.2, 0.25) is 5.82 Å². The second-order valence-electron chi connectivity index (χ2n) is 5.24. The summed E-state index contributed by atoms with van der Waals surface area (Å²) in [5.41, 5.74) is -0.101. The topological polar surface area (TPSA) is 95.3 Å². The maximum absolute atomic E-state index is 11.1.